The first-order valence-electron chi connectivity index (χ1n) is 9.89. The normalized spacial score (nSPS) is 15.2. The average molecular weight is 440 g/mol. The van der Waals surface area contributed by atoms with Crippen LogP contribution in [0.4, 0.5) is 5.69 Å². The fraction of sp³-hybridized carbons (Fsp3) is 0.0417. The quantitative estimate of drug-likeness (QED) is 0.506. The first-order valence-corrected chi connectivity index (χ1v) is 10.8. The molecule has 2 N–H and O–H groups in total. The molecule has 2 amide bonds. The van der Waals surface area contributed by atoms with Crippen LogP contribution in [-0.2, 0) is 4.79 Å². The summed E-state index contributed by atoms with van der Waals surface area (Å²) >= 11 is 1.35. The molecule has 5 rings (SSSR count). The Morgan fingerprint density at radius 3 is 2.50 bits per heavy atom. The van der Waals surface area contributed by atoms with Crippen LogP contribution >= 0.6 is 11.3 Å². The van der Waals surface area contributed by atoms with E-state index in [0.29, 0.717) is 16.4 Å². The van der Waals surface area contributed by atoms with E-state index < -0.39 is 18.0 Å². The number of nitrogens with one attached hydrogen (secondary N) is 2. The molecule has 3 heterocycles. The predicted octanol–water partition coefficient (Wildman–Crippen LogP) is 3.75. The number of thiazole rings is 1. The molecule has 0 fully saturated rings. The highest BCUT2D eigenvalue weighted by Gasteiger charge is 2.28. The molecule has 0 bridgehead atoms. The van der Waals surface area contributed by atoms with Crippen molar-refractivity contribution in [3.63, 3.8) is 0 Å². The van der Waals surface area contributed by atoms with Gasteiger partial charge in [-0.05, 0) is 18.2 Å². The number of nitrogens with zero attached hydrogens (tertiary/aromatic N) is 3. The maximum absolute atomic E-state index is 12.9. The Morgan fingerprint density at radius 1 is 0.938 bits per heavy atom. The van der Waals surface area contributed by atoms with E-state index in [1.165, 1.54) is 11.3 Å². The summed E-state index contributed by atoms with van der Waals surface area (Å²) in [6.07, 6.45) is 2.24. The number of fused-ring (bicyclic) bond motifs is 1. The molecule has 0 radical (unpaired) electrons. The highest BCUT2D eigenvalue weighted by Crippen LogP contribution is 2.25. The molecular weight excluding hydrogens is 422 g/mol. The smallest absolute Gasteiger partial charge is 0.272 e. The molecule has 0 spiro atoms. The van der Waals surface area contributed by atoms with Crippen LogP contribution in [0.1, 0.15) is 21.6 Å². The number of hydrogen-bond acceptors (Lipinski definition) is 6. The van der Waals surface area contributed by atoms with Gasteiger partial charge in [-0.25, -0.2) is 9.98 Å². The van der Waals surface area contributed by atoms with Gasteiger partial charge in [0, 0.05) is 34.5 Å². The minimum atomic E-state index is -1.10. The maximum Gasteiger partial charge on any atom is 0.272 e. The number of benzodiazepines with no additional fused rings is 1. The van der Waals surface area contributed by atoms with Crippen molar-refractivity contribution in [1.29, 1.82) is 0 Å². The number of aromatic nitrogens is 2. The number of benzene rings is 2. The molecule has 0 unspecified atom stereocenters. The molecule has 0 saturated carbocycles. The number of para-hydroxylation sites is 1. The minimum Gasteiger partial charge on any atom is -0.322 e. The molecule has 2 aromatic heterocycles. The zero-order chi connectivity index (χ0) is 21.9. The van der Waals surface area contributed by atoms with E-state index in [-0.39, 0.29) is 5.69 Å². The van der Waals surface area contributed by atoms with Crippen LogP contribution in [0.3, 0.4) is 0 Å². The summed E-state index contributed by atoms with van der Waals surface area (Å²) in [6, 6.07) is 20.7. The predicted molar refractivity (Wildman–Crippen MR) is 124 cm³/mol. The molecule has 0 saturated heterocycles. The van der Waals surface area contributed by atoms with Crippen LogP contribution in [0.2, 0.25) is 0 Å². The molecule has 8 heteroatoms. The Balaban J connectivity index is 1.46. The van der Waals surface area contributed by atoms with Crippen molar-refractivity contribution in [3.05, 3.63) is 101 Å². The Hall–Kier alpha value is -4.17. The highest BCUT2D eigenvalue weighted by atomic mass is 32.1. The van der Waals surface area contributed by atoms with Crippen LogP contribution in [0.15, 0.2) is 89.5 Å². The van der Waals surface area contributed by atoms with Crippen molar-refractivity contribution >= 4 is 34.6 Å². The average Bonchev–Trinajstić information content (AvgIpc) is 3.29. The van der Waals surface area contributed by atoms with Gasteiger partial charge >= 0.3 is 0 Å². The van der Waals surface area contributed by atoms with Gasteiger partial charge < -0.3 is 10.6 Å². The van der Waals surface area contributed by atoms with Gasteiger partial charge in [-0.3, -0.25) is 14.6 Å². The Labute approximate surface area is 187 Å². The highest BCUT2D eigenvalue weighted by molar-refractivity contribution is 7.13. The number of pyridine rings is 1. The summed E-state index contributed by atoms with van der Waals surface area (Å²) in [6.45, 7) is 0. The van der Waals surface area contributed by atoms with Crippen LogP contribution in [0.25, 0.3) is 10.6 Å². The molecule has 7 nitrogen and oxygen atoms in total. The molecular formula is C24H17N5O2S. The third-order valence-electron chi connectivity index (χ3n) is 4.93. The summed E-state index contributed by atoms with van der Waals surface area (Å²) in [4.78, 5) is 38.8. The Bertz CT molecular complexity index is 1320. The van der Waals surface area contributed by atoms with Crippen molar-refractivity contribution in [1.82, 2.24) is 15.3 Å². The molecule has 4 aromatic rings. The van der Waals surface area contributed by atoms with E-state index in [4.69, 9.17) is 0 Å². The SMILES string of the molecule is O=C(N[C@H]1N=C(c2ccccc2)c2ccccc2NC1=O)c1csc(-c2ccncc2)n1. The summed E-state index contributed by atoms with van der Waals surface area (Å²) in [5.41, 5.74) is 4.01. The number of carbonyl (C=O) groups is 2. The topological polar surface area (TPSA) is 96.3 Å². The summed E-state index contributed by atoms with van der Waals surface area (Å²) < 4.78 is 0. The van der Waals surface area contributed by atoms with Crippen molar-refractivity contribution in [3.8, 4) is 10.6 Å². The standard InChI is InChI=1S/C24H17N5O2S/c30-22(19-14-32-24(27-19)16-10-12-25-13-11-16)29-21-23(31)26-18-9-5-4-8-17(18)20(28-21)15-6-2-1-3-7-15/h1-14,21H,(H,26,31)(H,29,30)/t21-/m1/s1. The summed E-state index contributed by atoms with van der Waals surface area (Å²) in [5, 5.41) is 7.95. The van der Waals surface area contributed by atoms with Gasteiger partial charge in [0.25, 0.3) is 11.8 Å². The second-order valence-corrected chi connectivity index (χ2v) is 7.89. The molecule has 32 heavy (non-hydrogen) atoms. The lowest BCUT2D eigenvalue weighted by Gasteiger charge is -2.12. The van der Waals surface area contributed by atoms with Crippen LogP contribution < -0.4 is 10.6 Å². The van der Waals surface area contributed by atoms with Gasteiger partial charge in [0.05, 0.1) is 11.4 Å². The number of anilines is 1. The summed E-state index contributed by atoms with van der Waals surface area (Å²) in [7, 11) is 0. The second-order valence-electron chi connectivity index (χ2n) is 7.03. The second kappa shape index (κ2) is 8.52. The zero-order valence-corrected chi connectivity index (χ0v) is 17.5. The first kappa shape index (κ1) is 19.8. The number of carbonyl (C=O) groups excluding carboxylic acids is 2. The third-order valence-corrected chi connectivity index (χ3v) is 5.82. The summed E-state index contributed by atoms with van der Waals surface area (Å²) in [5.74, 6) is -0.884. The fourth-order valence-electron chi connectivity index (χ4n) is 3.38. The molecule has 2 aromatic carbocycles. The van der Waals surface area contributed by atoms with Crippen molar-refractivity contribution in [2.24, 2.45) is 4.99 Å². The molecule has 1 atom stereocenters. The number of aliphatic imine (C=N–C) groups is 1. The lowest BCUT2D eigenvalue weighted by Crippen LogP contribution is -2.42. The zero-order valence-electron chi connectivity index (χ0n) is 16.7. The van der Waals surface area contributed by atoms with Crippen LogP contribution in [0, 0.1) is 0 Å². The lowest BCUT2D eigenvalue weighted by atomic mass is 10.0. The molecule has 156 valence electrons. The fourth-order valence-corrected chi connectivity index (χ4v) is 4.19. The maximum atomic E-state index is 12.9. The Morgan fingerprint density at radius 2 is 1.69 bits per heavy atom. The van der Waals surface area contributed by atoms with E-state index in [1.54, 1.807) is 17.8 Å². The van der Waals surface area contributed by atoms with Gasteiger partial charge in [0.1, 0.15) is 10.7 Å². The van der Waals surface area contributed by atoms with Gasteiger partial charge in [0.15, 0.2) is 0 Å². The molecule has 1 aliphatic heterocycles. The number of amides is 2. The van der Waals surface area contributed by atoms with E-state index in [0.717, 1.165) is 16.7 Å². The third kappa shape index (κ3) is 3.91. The van der Waals surface area contributed by atoms with Crippen LogP contribution in [0.5, 0.6) is 0 Å². The molecule has 1 aliphatic rings. The van der Waals surface area contributed by atoms with E-state index in [2.05, 4.69) is 25.6 Å². The van der Waals surface area contributed by atoms with Crippen molar-refractivity contribution < 1.29 is 9.59 Å². The van der Waals surface area contributed by atoms with Gasteiger partial charge in [-0.1, -0.05) is 48.5 Å². The largest absolute Gasteiger partial charge is 0.322 e. The van der Waals surface area contributed by atoms with E-state index >= 15 is 0 Å². The van der Waals surface area contributed by atoms with E-state index in [1.807, 2.05) is 66.7 Å². The monoisotopic (exact) mass is 439 g/mol. The molecule has 0 aliphatic carbocycles. The lowest BCUT2D eigenvalue weighted by molar-refractivity contribution is -0.117. The van der Waals surface area contributed by atoms with Gasteiger partial charge in [0.2, 0.25) is 6.17 Å². The van der Waals surface area contributed by atoms with E-state index in [9.17, 15) is 9.59 Å². The van der Waals surface area contributed by atoms with Crippen molar-refractivity contribution in [2.75, 3.05) is 5.32 Å². The number of rotatable bonds is 4. The van der Waals surface area contributed by atoms with Gasteiger partial charge in [-0.15, -0.1) is 11.3 Å². The minimum absolute atomic E-state index is 0.229. The Kier molecular flexibility index (Phi) is 5.27. The van der Waals surface area contributed by atoms with Crippen LogP contribution in [-0.4, -0.2) is 33.7 Å². The number of hydrogen-bond donors (Lipinski definition) is 2. The van der Waals surface area contributed by atoms with Gasteiger partial charge in [-0.2, -0.15) is 0 Å². The van der Waals surface area contributed by atoms with Crippen molar-refractivity contribution in [2.45, 2.75) is 6.17 Å². The first-order chi connectivity index (χ1) is 15.7.